The summed E-state index contributed by atoms with van der Waals surface area (Å²) in [7, 11) is 3.64. The topological polar surface area (TPSA) is 26.9 Å². The van der Waals surface area contributed by atoms with Crippen LogP contribution < -0.4 is 5.69 Å². The molecule has 0 radical (unpaired) electrons. The third-order valence-corrected chi connectivity index (χ3v) is 2.94. The first-order valence-electron chi connectivity index (χ1n) is 6.18. The van der Waals surface area contributed by atoms with Gasteiger partial charge in [-0.15, -0.1) is 0 Å². The van der Waals surface area contributed by atoms with Gasteiger partial charge in [-0.05, 0) is 17.5 Å². The van der Waals surface area contributed by atoms with Gasteiger partial charge in [0, 0.05) is 14.1 Å². The van der Waals surface area contributed by atoms with Crippen LogP contribution in [-0.2, 0) is 14.1 Å². The number of hydrogen-bond donors (Lipinski definition) is 0. The number of aromatic nitrogens is 2. The number of fused-ring (bicyclic) bond motifs is 1. The zero-order chi connectivity index (χ0) is 13.2. The molecular weight excluding hydrogens is 212 g/mol. The average molecular weight is 234 g/mol. The van der Waals surface area contributed by atoms with Crippen molar-refractivity contribution in [3.63, 3.8) is 0 Å². The Bertz CT molecular complexity index is 561. The van der Waals surface area contributed by atoms with Gasteiger partial charge >= 0.3 is 5.69 Å². The molecule has 0 aliphatic heterocycles. The zero-order valence-electron chi connectivity index (χ0n) is 11.6. The van der Waals surface area contributed by atoms with Crippen LogP contribution in [0.15, 0.2) is 23.0 Å². The molecule has 0 N–H and O–H groups in total. The molecular formula is C14H22N2O. The van der Waals surface area contributed by atoms with Crippen LogP contribution in [0, 0.1) is 0 Å². The minimum Gasteiger partial charge on any atom is -0.295 e. The number of benzene rings is 1. The molecule has 0 aliphatic rings. The summed E-state index contributed by atoms with van der Waals surface area (Å²) in [5.41, 5.74) is 3.33. The SMILES string of the molecule is CC.CC(C)c1cccc2c1n(C)c(=O)n2C. The Kier molecular flexibility index (Phi) is 4.16. The summed E-state index contributed by atoms with van der Waals surface area (Å²) in [4.78, 5) is 11.8. The van der Waals surface area contributed by atoms with E-state index in [2.05, 4.69) is 19.9 Å². The lowest BCUT2D eigenvalue weighted by Gasteiger charge is -2.07. The predicted octanol–water partition coefficient (Wildman–Crippen LogP) is 3.03. The molecule has 3 nitrogen and oxygen atoms in total. The summed E-state index contributed by atoms with van der Waals surface area (Å²) in [5.74, 6) is 0.432. The quantitative estimate of drug-likeness (QED) is 0.745. The number of hydrogen-bond acceptors (Lipinski definition) is 1. The van der Waals surface area contributed by atoms with Crippen LogP contribution in [0.3, 0.4) is 0 Å². The molecule has 0 atom stereocenters. The third-order valence-electron chi connectivity index (χ3n) is 2.94. The molecule has 0 amide bonds. The highest BCUT2D eigenvalue weighted by Gasteiger charge is 2.12. The molecule has 0 unspecified atom stereocenters. The van der Waals surface area contributed by atoms with Crippen LogP contribution in [0.1, 0.15) is 39.2 Å². The van der Waals surface area contributed by atoms with Crippen molar-refractivity contribution in [1.29, 1.82) is 0 Å². The molecule has 0 bridgehead atoms. The van der Waals surface area contributed by atoms with E-state index in [4.69, 9.17) is 0 Å². The summed E-state index contributed by atoms with van der Waals surface area (Å²) >= 11 is 0. The predicted molar refractivity (Wildman–Crippen MR) is 73.6 cm³/mol. The number of aryl methyl sites for hydroxylation is 2. The second-order valence-corrected chi connectivity index (χ2v) is 4.27. The van der Waals surface area contributed by atoms with Crippen molar-refractivity contribution in [2.45, 2.75) is 33.6 Å². The molecule has 0 saturated heterocycles. The highest BCUT2D eigenvalue weighted by atomic mass is 16.1. The molecule has 2 rings (SSSR count). The number of rotatable bonds is 1. The van der Waals surface area contributed by atoms with Gasteiger partial charge in [-0.2, -0.15) is 0 Å². The van der Waals surface area contributed by atoms with Gasteiger partial charge in [0.05, 0.1) is 11.0 Å². The Labute approximate surface area is 103 Å². The minimum absolute atomic E-state index is 0.0399. The van der Waals surface area contributed by atoms with Gasteiger partial charge in [-0.1, -0.05) is 39.8 Å². The molecule has 1 heterocycles. The van der Waals surface area contributed by atoms with Crippen molar-refractivity contribution in [2.24, 2.45) is 14.1 Å². The molecule has 17 heavy (non-hydrogen) atoms. The van der Waals surface area contributed by atoms with E-state index in [1.807, 2.05) is 40.1 Å². The van der Waals surface area contributed by atoms with Crippen molar-refractivity contribution >= 4 is 11.0 Å². The Morgan fingerprint density at radius 2 is 1.65 bits per heavy atom. The average Bonchev–Trinajstić information content (AvgIpc) is 2.57. The largest absolute Gasteiger partial charge is 0.328 e. The second kappa shape index (κ2) is 5.21. The maximum atomic E-state index is 11.8. The van der Waals surface area contributed by atoms with Crippen molar-refractivity contribution < 1.29 is 0 Å². The fourth-order valence-electron chi connectivity index (χ4n) is 2.07. The first kappa shape index (κ1) is 13.6. The normalized spacial score (nSPS) is 10.5. The third kappa shape index (κ3) is 2.14. The Morgan fingerprint density at radius 3 is 2.18 bits per heavy atom. The molecule has 0 aliphatic carbocycles. The van der Waals surface area contributed by atoms with E-state index in [0.29, 0.717) is 5.92 Å². The summed E-state index contributed by atoms with van der Waals surface area (Å²) in [5, 5.41) is 0. The first-order valence-corrected chi connectivity index (χ1v) is 6.18. The van der Waals surface area contributed by atoms with E-state index in [-0.39, 0.29) is 5.69 Å². The maximum Gasteiger partial charge on any atom is 0.328 e. The van der Waals surface area contributed by atoms with Crippen LogP contribution >= 0.6 is 0 Å². The molecule has 1 aromatic heterocycles. The number of imidazole rings is 1. The van der Waals surface area contributed by atoms with E-state index >= 15 is 0 Å². The Balaban J connectivity index is 0.000000686. The Hall–Kier alpha value is -1.51. The summed E-state index contributed by atoms with van der Waals surface area (Å²) in [6.07, 6.45) is 0. The molecule has 0 saturated carbocycles. The van der Waals surface area contributed by atoms with Gasteiger partial charge in [-0.3, -0.25) is 9.13 Å². The number of para-hydroxylation sites is 1. The van der Waals surface area contributed by atoms with Gasteiger partial charge in [0.25, 0.3) is 0 Å². The van der Waals surface area contributed by atoms with Crippen molar-refractivity contribution in [2.75, 3.05) is 0 Å². The lowest BCUT2D eigenvalue weighted by atomic mass is 10.0. The van der Waals surface area contributed by atoms with Gasteiger partial charge in [0.2, 0.25) is 0 Å². The number of nitrogens with zero attached hydrogens (tertiary/aromatic N) is 2. The standard InChI is InChI=1S/C12H16N2O.C2H6/c1-8(2)9-6-5-7-10-11(9)14(4)12(15)13(10)3;1-2/h5-8H,1-4H3;1-2H3. The van der Waals surface area contributed by atoms with E-state index in [1.54, 1.807) is 9.13 Å². The second-order valence-electron chi connectivity index (χ2n) is 4.27. The summed E-state index contributed by atoms with van der Waals surface area (Å²) in [6, 6.07) is 6.09. The summed E-state index contributed by atoms with van der Waals surface area (Å²) in [6.45, 7) is 8.29. The van der Waals surface area contributed by atoms with Gasteiger partial charge in [0.15, 0.2) is 0 Å². The van der Waals surface area contributed by atoms with Gasteiger partial charge < -0.3 is 0 Å². The van der Waals surface area contributed by atoms with Crippen molar-refractivity contribution in [3.8, 4) is 0 Å². The van der Waals surface area contributed by atoms with Crippen LogP contribution in [-0.4, -0.2) is 9.13 Å². The summed E-state index contributed by atoms with van der Waals surface area (Å²) < 4.78 is 3.42. The van der Waals surface area contributed by atoms with Gasteiger partial charge in [0.1, 0.15) is 0 Å². The zero-order valence-corrected chi connectivity index (χ0v) is 11.6. The van der Waals surface area contributed by atoms with Crippen molar-refractivity contribution in [1.82, 2.24) is 9.13 Å². The lowest BCUT2D eigenvalue weighted by molar-refractivity contribution is 0.788. The maximum absolute atomic E-state index is 11.8. The molecule has 1 aromatic carbocycles. The van der Waals surface area contributed by atoms with Crippen LogP contribution in [0.4, 0.5) is 0 Å². The molecule has 0 fully saturated rings. The fourth-order valence-corrected chi connectivity index (χ4v) is 2.07. The van der Waals surface area contributed by atoms with E-state index < -0.39 is 0 Å². The first-order chi connectivity index (χ1) is 8.04. The molecule has 2 aromatic rings. The minimum atomic E-state index is 0.0399. The highest BCUT2D eigenvalue weighted by molar-refractivity contribution is 5.80. The van der Waals surface area contributed by atoms with Crippen LogP contribution in [0.2, 0.25) is 0 Å². The highest BCUT2D eigenvalue weighted by Crippen LogP contribution is 2.23. The fraction of sp³-hybridized carbons (Fsp3) is 0.500. The van der Waals surface area contributed by atoms with E-state index in [1.165, 1.54) is 5.56 Å². The van der Waals surface area contributed by atoms with E-state index in [9.17, 15) is 4.79 Å². The monoisotopic (exact) mass is 234 g/mol. The van der Waals surface area contributed by atoms with E-state index in [0.717, 1.165) is 11.0 Å². The van der Waals surface area contributed by atoms with Crippen LogP contribution in [0.25, 0.3) is 11.0 Å². The van der Waals surface area contributed by atoms with Gasteiger partial charge in [-0.25, -0.2) is 4.79 Å². The van der Waals surface area contributed by atoms with Crippen LogP contribution in [0.5, 0.6) is 0 Å². The lowest BCUT2D eigenvalue weighted by Crippen LogP contribution is -2.19. The smallest absolute Gasteiger partial charge is 0.295 e. The van der Waals surface area contributed by atoms with Crippen molar-refractivity contribution in [3.05, 3.63) is 34.2 Å². The molecule has 0 spiro atoms. The Morgan fingerprint density at radius 1 is 1.06 bits per heavy atom. The molecule has 3 heteroatoms. The molecule has 94 valence electrons.